The minimum atomic E-state index is -0.00540. The van der Waals surface area contributed by atoms with E-state index in [-0.39, 0.29) is 18.4 Å². The number of hydrogen-bond acceptors (Lipinski definition) is 5. The van der Waals surface area contributed by atoms with Crippen molar-refractivity contribution in [3.8, 4) is 5.75 Å². The Morgan fingerprint density at radius 3 is 2.88 bits per heavy atom. The van der Waals surface area contributed by atoms with Gasteiger partial charge in [0.2, 0.25) is 5.89 Å². The van der Waals surface area contributed by atoms with Gasteiger partial charge in [0, 0.05) is 13.1 Å². The molecule has 1 fully saturated rings. The standard InChI is InChI=1S/C18H23N3O3/c1-12-6-7-16(9-13(12)2)23-11-17(22)21-8-4-5-15(10-21)18-19-14(3)20-24-18/h6-7,9,15H,4-5,8,10-11H2,1-3H3/t15-/m1/s1. The lowest BCUT2D eigenvalue weighted by atomic mass is 9.98. The number of ether oxygens (including phenoxy) is 1. The zero-order valence-electron chi connectivity index (χ0n) is 14.4. The first-order valence-electron chi connectivity index (χ1n) is 8.31. The maximum atomic E-state index is 12.4. The molecule has 1 aromatic carbocycles. The van der Waals surface area contributed by atoms with Gasteiger partial charge >= 0.3 is 0 Å². The number of aromatic nitrogens is 2. The summed E-state index contributed by atoms with van der Waals surface area (Å²) in [5.74, 6) is 2.10. The molecule has 1 saturated heterocycles. The summed E-state index contributed by atoms with van der Waals surface area (Å²) in [6.07, 6.45) is 1.89. The Kier molecular flexibility index (Phi) is 4.83. The molecule has 0 aliphatic carbocycles. The summed E-state index contributed by atoms with van der Waals surface area (Å²) >= 11 is 0. The van der Waals surface area contributed by atoms with Crippen LogP contribution in [0.1, 0.15) is 41.6 Å². The maximum absolute atomic E-state index is 12.4. The molecule has 2 aromatic rings. The molecule has 0 N–H and O–H groups in total. The summed E-state index contributed by atoms with van der Waals surface area (Å²) in [4.78, 5) is 18.6. The summed E-state index contributed by atoms with van der Waals surface area (Å²) in [7, 11) is 0. The van der Waals surface area contributed by atoms with Gasteiger partial charge in [-0.25, -0.2) is 0 Å². The van der Waals surface area contributed by atoms with Crippen molar-refractivity contribution < 1.29 is 14.1 Å². The first-order chi connectivity index (χ1) is 11.5. The van der Waals surface area contributed by atoms with Crippen LogP contribution < -0.4 is 4.74 Å². The molecule has 0 saturated carbocycles. The molecule has 0 radical (unpaired) electrons. The fourth-order valence-corrected chi connectivity index (χ4v) is 2.92. The molecule has 128 valence electrons. The lowest BCUT2D eigenvalue weighted by molar-refractivity contribution is -0.134. The maximum Gasteiger partial charge on any atom is 0.260 e. The zero-order chi connectivity index (χ0) is 17.1. The number of likely N-dealkylation sites (tertiary alicyclic amines) is 1. The number of rotatable bonds is 4. The number of hydrogen-bond donors (Lipinski definition) is 0. The first kappa shape index (κ1) is 16.5. The molecular weight excluding hydrogens is 306 g/mol. The van der Waals surface area contributed by atoms with Crippen molar-refractivity contribution in [3.63, 3.8) is 0 Å². The fraction of sp³-hybridized carbons (Fsp3) is 0.500. The number of benzene rings is 1. The number of aryl methyl sites for hydroxylation is 3. The van der Waals surface area contributed by atoms with Crippen LogP contribution in [0.4, 0.5) is 0 Å². The highest BCUT2D eigenvalue weighted by atomic mass is 16.5. The van der Waals surface area contributed by atoms with E-state index in [1.165, 1.54) is 5.56 Å². The van der Waals surface area contributed by atoms with Crippen LogP contribution in [0.5, 0.6) is 5.75 Å². The normalized spacial score (nSPS) is 17.8. The van der Waals surface area contributed by atoms with Gasteiger partial charge in [0.1, 0.15) is 5.75 Å². The Morgan fingerprint density at radius 1 is 1.33 bits per heavy atom. The summed E-state index contributed by atoms with van der Waals surface area (Å²) < 4.78 is 10.9. The third-order valence-electron chi connectivity index (χ3n) is 4.51. The van der Waals surface area contributed by atoms with E-state index in [1.807, 2.05) is 30.0 Å². The van der Waals surface area contributed by atoms with Crippen LogP contribution >= 0.6 is 0 Å². The molecule has 1 aliphatic heterocycles. The average molecular weight is 329 g/mol. The second kappa shape index (κ2) is 7.03. The van der Waals surface area contributed by atoms with Gasteiger partial charge in [0.25, 0.3) is 5.91 Å². The van der Waals surface area contributed by atoms with Crippen molar-refractivity contribution in [1.29, 1.82) is 0 Å². The van der Waals surface area contributed by atoms with Crippen LogP contribution in [0.3, 0.4) is 0 Å². The summed E-state index contributed by atoms with van der Waals surface area (Å²) in [6, 6.07) is 5.86. The Morgan fingerprint density at radius 2 is 2.17 bits per heavy atom. The molecule has 0 unspecified atom stereocenters. The van der Waals surface area contributed by atoms with E-state index in [4.69, 9.17) is 9.26 Å². The van der Waals surface area contributed by atoms with Crippen LogP contribution in [0.15, 0.2) is 22.7 Å². The van der Waals surface area contributed by atoms with Crippen molar-refractivity contribution >= 4 is 5.91 Å². The molecule has 1 aromatic heterocycles. The van der Waals surface area contributed by atoms with Crippen LogP contribution in [0, 0.1) is 20.8 Å². The second-order valence-corrected chi connectivity index (χ2v) is 6.39. The molecule has 24 heavy (non-hydrogen) atoms. The van der Waals surface area contributed by atoms with Gasteiger partial charge in [-0.05, 0) is 56.9 Å². The van der Waals surface area contributed by atoms with Crippen LogP contribution in [-0.2, 0) is 4.79 Å². The number of nitrogens with zero attached hydrogens (tertiary/aromatic N) is 3. The smallest absolute Gasteiger partial charge is 0.260 e. The number of amides is 1. The van der Waals surface area contributed by atoms with Crippen LogP contribution in [0.2, 0.25) is 0 Å². The predicted octanol–water partition coefficient (Wildman–Crippen LogP) is 2.78. The van der Waals surface area contributed by atoms with E-state index in [1.54, 1.807) is 6.92 Å². The molecule has 3 rings (SSSR count). The molecule has 6 nitrogen and oxygen atoms in total. The van der Waals surface area contributed by atoms with Crippen molar-refractivity contribution in [2.45, 2.75) is 39.5 Å². The third kappa shape index (κ3) is 3.75. The Hall–Kier alpha value is -2.37. The highest BCUT2D eigenvalue weighted by Crippen LogP contribution is 2.26. The van der Waals surface area contributed by atoms with Crippen molar-refractivity contribution in [1.82, 2.24) is 15.0 Å². The summed E-state index contributed by atoms with van der Waals surface area (Å²) in [5.41, 5.74) is 2.37. The minimum absolute atomic E-state index is 0.00540. The van der Waals surface area contributed by atoms with Gasteiger partial charge in [0.05, 0.1) is 5.92 Å². The van der Waals surface area contributed by atoms with E-state index in [0.29, 0.717) is 18.3 Å². The lowest BCUT2D eigenvalue weighted by Gasteiger charge is -2.31. The van der Waals surface area contributed by atoms with Gasteiger partial charge in [-0.2, -0.15) is 4.98 Å². The van der Waals surface area contributed by atoms with Crippen molar-refractivity contribution in [2.24, 2.45) is 0 Å². The van der Waals surface area contributed by atoms with Gasteiger partial charge in [-0.3, -0.25) is 4.79 Å². The minimum Gasteiger partial charge on any atom is -0.484 e. The first-order valence-corrected chi connectivity index (χ1v) is 8.31. The second-order valence-electron chi connectivity index (χ2n) is 6.39. The molecule has 2 heterocycles. The molecule has 1 atom stereocenters. The zero-order valence-corrected chi connectivity index (χ0v) is 14.4. The van der Waals surface area contributed by atoms with Crippen molar-refractivity contribution in [2.75, 3.05) is 19.7 Å². The van der Waals surface area contributed by atoms with E-state index < -0.39 is 0 Å². The van der Waals surface area contributed by atoms with Gasteiger partial charge < -0.3 is 14.2 Å². The number of carbonyl (C=O) groups excluding carboxylic acids is 1. The Balaban J connectivity index is 1.57. The monoisotopic (exact) mass is 329 g/mol. The van der Waals surface area contributed by atoms with E-state index >= 15 is 0 Å². The molecule has 0 bridgehead atoms. The quantitative estimate of drug-likeness (QED) is 0.863. The van der Waals surface area contributed by atoms with Gasteiger partial charge in [-0.15, -0.1) is 0 Å². The van der Waals surface area contributed by atoms with Crippen LogP contribution in [0.25, 0.3) is 0 Å². The Labute approximate surface area is 141 Å². The predicted molar refractivity (Wildman–Crippen MR) is 89.0 cm³/mol. The van der Waals surface area contributed by atoms with E-state index in [0.717, 1.165) is 30.7 Å². The lowest BCUT2D eigenvalue weighted by Crippen LogP contribution is -2.41. The fourth-order valence-electron chi connectivity index (χ4n) is 2.92. The Bertz CT molecular complexity index is 726. The molecule has 1 amide bonds. The topological polar surface area (TPSA) is 68.5 Å². The molecule has 6 heteroatoms. The summed E-state index contributed by atoms with van der Waals surface area (Å²) in [5, 5.41) is 3.84. The van der Waals surface area contributed by atoms with Crippen LogP contribution in [-0.4, -0.2) is 40.6 Å². The third-order valence-corrected chi connectivity index (χ3v) is 4.51. The highest BCUT2D eigenvalue weighted by molar-refractivity contribution is 5.78. The highest BCUT2D eigenvalue weighted by Gasteiger charge is 2.28. The molecular formula is C18H23N3O3. The summed E-state index contributed by atoms with van der Waals surface area (Å²) in [6.45, 7) is 7.30. The molecule has 0 spiro atoms. The number of carbonyl (C=O) groups is 1. The van der Waals surface area contributed by atoms with Gasteiger partial charge in [0.15, 0.2) is 12.4 Å². The average Bonchev–Trinajstić information content (AvgIpc) is 3.02. The van der Waals surface area contributed by atoms with Crippen molar-refractivity contribution in [3.05, 3.63) is 41.0 Å². The van der Waals surface area contributed by atoms with E-state index in [9.17, 15) is 4.79 Å². The van der Waals surface area contributed by atoms with Gasteiger partial charge in [-0.1, -0.05) is 11.2 Å². The van der Waals surface area contributed by atoms with E-state index in [2.05, 4.69) is 17.1 Å². The largest absolute Gasteiger partial charge is 0.484 e. The SMILES string of the molecule is Cc1noc([C@@H]2CCCN(C(=O)COc3ccc(C)c(C)c3)C2)n1. The number of piperidine rings is 1. The molecule has 1 aliphatic rings.